The zero-order chi connectivity index (χ0) is 15.9. The maximum Gasteiger partial charge on any atom is 0.323 e. The summed E-state index contributed by atoms with van der Waals surface area (Å²) in [5, 5.41) is 0.951. The van der Waals surface area contributed by atoms with Crippen molar-refractivity contribution in [3.63, 3.8) is 0 Å². The van der Waals surface area contributed by atoms with Crippen molar-refractivity contribution in [3.8, 4) is 5.75 Å². The summed E-state index contributed by atoms with van der Waals surface area (Å²) in [5.41, 5.74) is 1.68. The lowest BCUT2D eigenvalue weighted by atomic mass is 10.0. The third-order valence-electron chi connectivity index (χ3n) is 3.57. The van der Waals surface area contributed by atoms with E-state index in [0.29, 0.717) is 0 Å². The van der Waals surface area contributed by atoms with E-state index < -0.39 is 23.6 Å². The van der Waals surface area contributed by atoms with E-state index in [4.69, 9.17) is 14.2 Å². The number of benzene rings is 1. The fourth-order valence-corrected chi connectivity index (χ4v) is 2.54. The smallest absolute Gasteiger partial charge is 0.323 e. The van der Waals surface area contributed by atoms with Gasteiger partial charge in [0.05, 0.1) is 7.11 Å². The Morgan fingerprint density at radius 2 is 1.86 bits per heavy atom. The minimum Gasteiger partial charge on any atom is -0.497 e. The van der Waals surface area contributed by atoms with Gasteiger partial charge in [0.2, 0.25) is 0 Å². The number of hydrogen-bond acceptors (Lipinski definition) is 5. The van der Waals surface area contributed by atoms with Gasteiger partial charge in [-0.15, -0.1) is 0 Å². The molecular formula is C16H17NO5. The molecule has 0 bridgehead atoms. The van der Waals surface area contributed by atoms with E-state index in [1.54, 1.807) is 7.11 Å². The Bertz CT molecular complexity index is 726. The quantitative estimate of drug-likeness (QED) is 0.694. The Kier molecular flexibility index (Phi) is 3.31. The molecule has 1 aromatic heterocycles. The van der Waals surface area contributed by atoms with Crippen LogP contribution >= 0.6 is 0 Å². The number of nitrogens with one attached hydrogen (secondary N) is 1. The summed E-state index contributed by atoms with van der Waals surface area (Å²) in [5.74, 6) is -2.51. The number of hydrogen-bond donors (Lipinski definition) is 1. The highest BCUT2D eigenvalue weighted by molar-refractivity contribution is 5.97. The minimum absolute atomic E-state index is 0.213. The van der Waals surface area contributed by atoms with Gasteiger partial charge in [-0.2, -0.15) is 0 Å². The zero-order valence-corrected chi connectivity index (χ0v) is 12.6. The van der Waals surface area contributed by atoms with Gasteiger partial charge in [0.1, 0.15) is 5.75 Å². The molecule has 1 aliphatic heterocycles. The van der Waals surface area contributed by atoms with Crippen molar-refractivity contribution >= 4 is 22.8 Å². The fourth-order valence-electron chi connectivity index (χ4n) is 2.54. The number of cyclic esters (lactones) is 2. The molecule has 2 heterocycles. The van der Waals surface area contributed by atoms with Crippen LogP contribution in [-0.4, -0.2) is 29.8 Å². The lowest BCUT2D eigenvalue weighted by Crippen LogP contribution is -2.47. The standard InChI is InChI=1S/C16H17NO5/c1-16(2)21-14(18)12(15(19)22-16)8-10-6-9-7-11(20-3)4-5-13(9)17-10/h4-7,12,17H,8H2,1-3H3. The Hall–Kier alpha value is -2.50. The van der Waals surface area contributed by atoms with Gasteiger partial charge < -0.3 is 19.2 Å². The van der Waals surface area contributed by atoms with Gasteiger partial charge in [-0.3, -0.25) is 9.59 Å². The Morgan fingerprint density at radius 3 is 2.50 bits per heavy atom. The van der Waals surface area contributed by atoms with Crippen LogP contribution in [0.25, 0.3) is 10.9 Å². The number of aromatic nitrogens is 1. The van der Waals surface area contributed by atoms with Gasteiger partial charge in [0, 0.05) is 36.9 Å². The Morgan fingerprint density at radius 1 is 1.18 bits per heavy atom. The highest BCUT2D eigenvalue weighted by Crippen LogP contribution is 2.27. The molecule has 6 heteroatoms. The van der Waals surface area contributed by atoms with Crippen molar-refractivity contribution in [2.75, 3.05) is 7.11 Å². The predicted octanol–water partition coefficient (Wildman–Crippen LogP) is 2.17. The summed E-state index contributed by atoms with van der Waals surface area (Å²) < 4.78 is 15.4. The average molecular weight is 303 g/mol. The SMILES string of the molecule is COc1ccc2[nH]c(CC3C(=O)OC(C)(C)OC3=O)cc2c1. The second kappa shape index (κ2) is 5.05. The second-order valence-corrected chi connectivity index (χ2v) is 5.75. The van der Waals surface area contributed by atoms with E-state index in [-0.39, 0.29) is 6.42 Å². The van der Waals surface area contributed by atoms with E-state index in [1.807, 2.05) is 24.3 Å². The molecule has 2 aromatic rings. The van der Waals surface area contributed by atoms with Crippen LogP contribution in [0.5, 0.6) is 5.75 Å². The number of H-pyrrole nitrogens is 1. The molecule has 0 radical (unpaired) electrons. The maximum atomic E-state index is 12.0. The Labute approximate surface area is 127 Å². The van der Waals surface area contributed by atoms with Crippen molar-refractivity contribution in [1.82, 2.24) is 4.98 Å². The van der Waals surface area contributed by atoms with E-state index >= 15 is 0 Å². The monoisotopic (exact) mass is 303 g/mol. The molecule has 6 nitrogen and oxygen atoms in total. The van der Waals surface area contributed by atoms with Crippen LogP contribution in [0.15, 0.2) is 24.3 Å². The van der Waals surface area contributed by atoms with Gasteiger partial charge in [-0.05, 0) is 24.3 Å². The predicted molar refractivity (Wildman–Crippen MR) is 78.3 cm³/mol. The molecule has 1 aromatic carbocycles. The molecule has 0 aliphatic carbocycles. The molecule has 1 fully saturated rings. The van der Waals surface area contributed by atoms with Crippen molar-refractivity contribution in [2.24, 2.45) is 5.92 Å². The zero-order valence-electron chi connectivity index (χ0n) is 12.6. The van der Waals surface area contributed by atoms with Gasteiger partial charge >= 0.3 is 11.9 Å². The van der Waals surface area contributed by atoms with E-state index in [1.165, 1.54) is 13.8 Å². The van der Waals surface area contributed by atoms with Crippen molar-refractivity contribution in [2.45, 2.75) is 26.1 Å². The van der Waals surface area contributed by atoms with E-state index in [9.17, 15) is 9.59 Å². The first-order chi connectivity index (χ1) is 10.4. The number of carbonyl (C=O) groups is 2. The number of methoxy groups -OCH3 is 1. The molecule has 22 heavy (non-hydrogen) atoms. The molecule has 0 spiro atoms. The van der Waals surface area contributed by atoms with E-state index in [2.05, 4.69) is 4.98 Å². The van der Waals surface area contributed by atoms with Gasteiger partial charge in [-0.1, -0.05) is 0 Å². The first-order valence-electron chi connectivity index (χ1n) is 6.99. The number of fused-ring (bicyclic) bond motifs is 1. The number of rotatable bonds is 3. The van der Waals surface area contributed by atoms with Crippen LogP contribution in [0.3, 0.4) is 0 Å². The third-order valence-corrected chi connectivity index (χ3v) is 3.57. The number of ether oxygens (including phenoxy) is 3. The molecule has 0 atom stereocenters. The molecule has 3 rings (SSSR count). The largest absolute Gasteiger partial charge is 0.497 e. The summed E-state index contributed by atoms with van der Waals surface area (Å²) in [7, 11) is 1.60. The molecule has 0 amide bonds. The summed E-state index contributed by atoms with van der Waals surface area (Å²) in [6.07, 6.45) is 0.213. The minimum atomic E-state index is -1.20. The molecule has 0 saturated carbocycles. The van der Waals surface area contributed by atoms with Crippen molar-refractivity contribution < 1.29 is 23.8 Å². The molecule has 1 aliphatic rings. The first kappa shape index (κ1) is 14.4. The van der Waals surface area contributed by atoms with Crippen molar-refractivity contribution in [1.29, 1.82) is 0 Å². The number of esters is 2. The van der Waals surface area contributed by atoms with Crippen LogP contribution in [-0.2, 0) is 25.5 Å². The average Bonchev–Trinajstić information content (AvgIpc) is 2.83. The highest BCUT2D eigenvalue weighted by Gasteiger charge is 2.43. The lowest BCUT2D eigenvalue weighted by molar-refractivity contribution is -0.239. The van der Waals surface area contributed by atoms with Crippen LogP contribution < -0.4 is 4.74 Å². The van der Waals surface area contributed by atoms with Gasteiger partial charge in [-0.25, -0.2) is 0 Å². The second-order valence-electron chi connectivity index (χ2n) is 5.75. The topological polar surface area (TPSA) is 77.6 Å². The van der Waals surface area contributed by atoms with Crippen LogP contribution in [0.1, 0.15) is 19.5 Å². The van der Waals surface area contributed by atoms with Crippen molar-refractivity contribution in [3.05, 3.63) is 30.0 Å². The molecule has 1 saturated heterocycles. The molecular weight excluding hydrogens is 286 g/mol. The first-order valence-corrected chi connectivity index (χ1v) is 6.99. The lowest BCUT2D eigenvalue weighted by Gasteiger charge is -2.32. The highest BCUT2D eigenvalue weighted by atomic mass is 16.7. The number of carbonyl (C=O) groups excluding carboxylic acids is 2. The molecule has 116 valence electrons. The molecule has 1 N–H and O–H groups in total. The summed E-state index contributed by atoms with van der Waals surface area (Å²) in [4.78, 5) is 27.2. The molecule has 0 unspecified atom stereocenters. The van der Waals surface area contributed by atoms with Crippen LogP contribution in [0.2, 0.25) is 0 Å². The Balaban J connectivity index is 1.84. The normalized spacial score (nSPS) is 18.1. The fraction of sp³-hybridized carbons (Fsp3) is 0.375. The van der Waals surface area contributed by atoms with Gasteiger partial charge in [0.15, 0.2) is 5.92 Å². The summed E-state index contributed by atoms with van der Waals surface area (Å²) in [6, 6.07) is 7.50. The summed E-state index contributed by atoms with van der Waals surface area (Å²) in [6.45, 7) is 3.07. The van der Waals surface area contributed by atoms with Crippen LogP contribution in [0.4, 0.5) is 0 Å². The number of aromatic amines is 1. The maximum absolute atomic E-state index is 12.0. The summed E-state index contributed by atoms with van der Waals surface area (Å²) >= 11 is 0. The van der Waals surface area contributed by atoms with Crippen LogP contribution in [0, 0.1) is 5.92 Å². The third kappa shape index (κ3) is 2.64. The van der Waals surface area contributed by atoms with E-state index in [0.717, 1.165) is 22.3 Å². The van der Waals surface area contributed by atoms with Gasteiger partial charge in [0.25, 0.3) is 5.79 Å².